The summed E-state index contributed by atoms with van der Waals surface area (Å²) >= 11 is 0. The van der Waals surface area contributed by atoms with E-state index >= 15 is 0 Å². The first-order chi connectivity index (χ1) is 7.39. The molecule has 1 aromatic carbocycles. The first-order valence-electron chi connectivity index (χ1n) is 5.17. The third kappa shape index (κ3) is 2.73. The van der Waals surface area contributed by atoms with Crippen LogP contribution in [0.3, 0.4) is 0 Å². The summed E-state index contributed by atoms with van der Waals surface area (Å²) in [6.45, 7) is -0.351. The van der Waals surface area contributed by atoms with Gasteiger partial charge in [0.05, 0.1) is 7.11 Å². The smallest absolute Gasteiger partial charge is 0.210 e. The second kappa shape index (κ2) is 4.60. The summed E-state index contributed by atoms with van der Waals surface area (Å²) in [4.78, 5) is 9.75. The van der Waals surface area contributed by atoms with Crippen molar-refractivity contribution in [3.63, 3.8) is 0 Å². The Labute approximate surface area is 85.5 Å². The standard InChI is InChI=1S/C10H13NO3/c1-8(7-11(12)13)9-3-5-10(14-2)6-4-9/h3-6,8H,7H2,1-2H3/t8-/m0/s1/i7D,8D/t7?,8-. The fraction of sp³-hybridized carbons (Fsp3) is 0.400. The van der Waals surface area contributed by atoms with Crippen LogP contribution >= 0.6 is 0 Å². The van der Waals surface area contributed by atoms with Crippen LogP contribution in [0.1, 0.15) is 21.1 Å². The molecule has 0 aromatic heterocycles. The zero-order valence-corrected chi connectivity index (χ0v) is 8.06. The molecule has 76 valence electrons. The molecule has 4 nitrogen and oxygen atoms in total. The molecule has 0 N–H and O–H groups in total. The summed E-state index contributed by atoms with van der Waals surface area (Å²) in [6, 6.07) is 6.37. The molecule has 14 heavy (non-hydrogen) atoms. The van der Waals surface area contributed by atoms with Crippen LogP contribution in [0.2, 0.25) is 0 Å². The van der Waals surface area contributed by atoms with Gasteiger partial charge in [0.1, 0.15) is 7.12 Å². The average molecular weight is 197 g/mol. The number of hydrogen-bond donors (Lipinski definition) is 0. The predicted octanol–water partition coefficient (Wildman–Crippen LogP) is 2.08. The van der Waals surface area contributed by atoms with Crippen molar-refractivity contribution < 1.29 is 12.4 Å². The van der Waals surface area contributed by atoms with E-state index in [0.29, 0.717) is 11.3 Å². The SMILES string of the molecule is [2H]C([N+](=O)[O-])[C@]([2H])(C)c1ccc(OC)cc1. The number of methoxy groups -OCH3 is 1. The highest BCUT2D eigenvalue weighted by molar-refractivity contribution is 5.29. The minimum Gasteiger partial charge on any atom is -0.497 e. The summed E-state index contributed by atoms with van der Waals surface area (Å²) in [6.07, 6.45) is 0. The van der Waals surface area contributed by atoms with Gasteiger partial charge in [0, 0.05) is 12.2 Å². The van der Waals surface area contributed by atoms with Crippen LogP contribution in [-0.2, 0) is 0 Å². The lowest BCUT2D eigenvalue weighted by Crippen LogP contribution is -2.09. The maximum atomic E-state index is 10.5. The van der Waals surface area contributed by atoms with Crippen LogP contribution in [0.25, 0.3) is 0 Å². The molecule has 1 aromatic rings. The van der Waals surface area contributed by atoms with Crippen LogP contribution in [0.4, 0.5) is 0 Å². The van der Waals surface area contributed by atoms with Gasteiger partial charge >= 0.3 is 0 Å². The molecule has 0 radical (unpaired) electrons. The highest BCUT2D eigenvalue weighted by Gasteiger charge is 2.11. The Morgan fingerprint density at radius 3 is 2.64 bits per heavy atom. The van der Waals surface area contributed by atoms with E-state index < -0.39 is 17.3 Å². The normalized spacial score (nSPS) is 18.7. The van der Waals surface area contributed by atoms with Crippen molar-refractivity contribution in [2.75, 3.05) is 13.6 Å². The Morgan fingerprint density at radius 1 is 1.64 bits per heavy atom. The molecule has 0 aliphatic carbocycles. The first kappa shape index (κ1) is 7.79. The molecule has 0 amide bonds. The maximum absolute atomic E-state index is 10.5. The van der Waals surface area contributed by atoms with Gasteiger partial charge < -0.3 is 4.74 Å². The van der Waals surface area contributed by atoms with E-state index in [1.807, 2.05) is 0 Å². The van der Waals surface area contributed by atoms with Crippen LogP contribution < -0.4 is 4.74 Å². The lowest BCUT2D eigenvalue weighted by molar-refractivity contribution is -0.482. The van der Waals surface area contributed by atoms with Crippen molar-refractivity contribution in [2.24, 2.45) is 0 Å². The molecule has 0 saturated carbocycles. The number of rotatable bonds is 4. The van der Waals surface area contributed by atoms with E-state index in [9.17, 15) is 10.1 Å². The fourth-order valence-corrected chi connectivity index (χ4v) is 1.09. The van der Waals surface area contributed by atoms with Crippen LogP contribution in [0.5, 0.6) is 5.75 Å². The molecule has 2 atom stereocenters. The van der Waals surface area contributed by atoms with Crippen LogP contribution in [0, 0.1) is 10.1 Å². The van der Waals surface area contributed by atoms with E-state index in [0.717, 1.165) is 0 Å². The van der Waals surface area contributed by atoms with Gasteiger partial charge in [-0.25, -0.2) is 0 Å². The van der Waals surface area contributed by atoms with Crippen molar-refractivity contribution in [1.82, 2.24) is 0 Å². The third-order valence-corrected chi connectivity index (χ3v) is 1.84. The second-order valence-corrected chi connectivity index (χ2v) is 2.83. The monoisotopic (exact) mass is 197 g/mol. The molecule has 0 fully saturated rings. The molecule has 0 aliphatic rings. The zero-order chi connectivity index (χ0) is 12.3. The molecular weight excluding hydrogens is 182 g/mol. The van der Waals surface area contributed by atoms with Gasteiger partial charge in [-0.05, 0) is 17.7 Å². The summed E-state index contributed by atoms with van der Waals surface area (Å²) in [5.41, 5.74) is 0.421. The van der Waals surface area contributed by atoms with Gasteiger partial charge in [0.25, 0.3) is 0 Å². The minimum atomic E-state index is -1.71. The second-order valence-electron chi connectivity index (χ2n) is 2.83. The number of hydrogen-bond acceptors (Lipinski definition) is 3. The van der Waals surface area contributed by atoms with Crippen LogP contribution in [-0.4, -0.2) is 18.6 Å². The van der Waals surface area contributed by atoms with Crippen LogP contribution in [0.15, 0.2) is 24.3 Å². The topological polar surface area (TPSA) is 52.4 Å². The fourth-order valence-electron chi connectivity index (χ4n) is 1.09. The number of ether oxygens (including phenoxy) is 1. The average Bonchev–Trinajstić information content (AvgIpc) is 2.28. The first-order valence-corrected chi connectivity index (χ1v) is 4.10. The summed E-state index contributed by atoms with van der Waals surface area (Å²) < 4.78 is 20.2. The molecule has 0 saturated heterocycles. The van der Waals surface area contributed by atoms with E-state index in [1.165, 1.54) is 14.0 Å². The quantitative estimate of drug-likeness (QED) is 0.548. The Hall–Kier alpha value is -1.58. The van der Waals surface area contributed by atoms with Gasteiger partial charge in [-0.3, -0.25) is 10.1 Å². The summed E-state index contributed by atoms with van der Waals surface area (Å²) in [7, 11) is 1.51. The molecule has 0 spiro atoms. The minimum absolute atomic E-state index is 0.421. The highest BCUT2D eigenvalue weighted by Crippen LogP contribution is 2.18. The molecule has 1 rings (SSSR count). The van der Waals surface area contributed by atoms with Crippen molar-refractivity contribution in [3.8, 4) is 5.75 Å². The molecule has 0 heterocycles. The van der Waals surface area contributed by atoms with Gasteiger partial charge in [-0.15, -0.1) is 0 Å². The molecule has 0 aliphatic heterocycles. The van der Waals surface area contributed by atoms with E-state index in [2.05, 4.69) is 0 Å². The summed E-state index contributed by atoms with van der Waals surface area (Å²) in [5, 5.41) is 10.5. The van der Waals surface area contributed by atoms with E-state index in [1.54, 1.807) is 24.3 Å². The van der Waals surface area contributed by atoms with Crippen molar-refractivity contribution in [2.45, 2.75) is 12.8 Å². The lowest BCUT2D eigenvalue weighted by atomic mass is 10.0. The Kier molecular flexibility index (Phi) is 2.56. The number of nitro groups is 1. The van der Waals surface area contributed by atoms with E-state index in [4.69, 9.17) is 7.48 Å². The highest BCUT2D eigenvalue weighted by atomic mass is 16.6. The van der Waals surface area contributed by atoms with Gasteiger partial charge in [-0.1, -0.05) is 19.1 Å². The van der Waals surface area contributed by atoms with Gasteiger partial charge in [-0.2, -0.15) is 0 Å². The maximum Gasteiger partial charge on any atom is 0.210 e. The molecule has 0 bridgehead atoms. The number of nitrogens with zero attached hydrogens (tertiary/aromatic N) is 1. The number of benzene rings is 1. The van der Waals surface area contributed by atoms with Crippen molar-refractivity contribution in [3.05, 3.63) is 39.9 Å². The Balaban J connectivity index is 3.02. The summed E-state index contributed by atoms with van der Waals surface area (Å²) in [5.74, 6) is -0.961. The van der Waals surface area contributed by atoms with Gasteiger partial charge in [0.15, 0.2) is 0 Å². The lowest BCUT2D eigenvalue weighted by Gasteiger charge is -2.07. The van der Waals surface area contributed by atoms with Crippen molar-refractivity contribution in [1.29, 1.82) is 0 Å². The van der Waals surface area contributed by atoms with Crippen molar-refractivity contribution >= 4 is 0 Å². The zero-order valence-electron chi connectivity index (χ0n) is 10.1. The Morgan fingerprint density at radius 2 is 2.21 bits per heavy atom. The Bertz CT molecular complexity index is 378. The predicted molar refractivity (Wildman–Crippen MR) is 53.3 cm³/mol. The van der Waals surface area contributed by atoms with Gasteiger partial charge in [0.2, 0.25) is 6.52 Å². The largest absolute Gasteiger partial charge is 0.497 e. The third-order valence-electron chi connectivity index (χ3n) is 1.84. The molecule has 1 unspecified atom stereocenters. The molecular formula is C10H13NO3. The molecule has 4 heteroatoms. The van der Waals surface area contributed by atoms with E-state index in [-0.39, 0.29) is 0 Å².